The van der Waals surface area contributed by atoms with Crippen LogP contribution in [0, 0.1) is 11.3 Å². The summed E-state index contributed by atoms with van der Waals surface area (Å²) >= 11 is 0. The molecule has 1 fully saturated rings. The Bertz CT molecular complexity index is 448. The number of esters is 1. The van der Waals surface area contributed by atoms with E-state index in [4.69, 9.17) is 18.0 Å². The van der Waals surface area contributed by atoms with Gasteiger partial charge >= 0.3 is 14.8 Å². The van der Waals surface area contributed by atoms with Crippen LogP contribution in [0.25, 0.3) is 0 Å². The Morgan fingerprint density at radius 3 is 2.28 bits per heavy atom. The van der Waals surface area contributed by atoms with E-state index in [9.17, 15) is 4.79 Å². The highest BCUT2D eigenvalue weighted by Gasteiger charge is 2.37. The van der Waals surface area contributed by atoms with E-state index in [-0.39, 0.29) is 17.5 Å². The SMILES string of the molecule is CO[Si](CCCC=C(C)C(=O)OC1CC(C)CC(C)(C)C1)(OC)OC. The molecule has 0 aromatic heterocycles. The molecular weight excluding hydrogens is 336 g/mol. The Hall–Kier alpha value is -0.693. The molecule has 146 valence electrons. The molecule has 2 atom stereocenters. The van der Waals surface area contributed by atoms with E-state index in [1.54, 1.807) is 21.3 Å². The fourth-order valence-electron chi connectivity index (χ4n) is 3.87. The molecule has 0 spiro atoms. The van der Waals surface area contributed by atoms with E-state index in [2.05, 4.69) is 20.8 Å². The third-order valence-corrected chi connectivity index (χ3v) is 7.84. The van der Waals surface area contributed by atoms with Crippen LogP contribution < -0.4 is 0 Å². The molecule has 1 rings (SSSR count). The van der Waals surface area contributed by atoms with Gasteiger partial charge in [-0.3, -0.25) is 0 Å². The summed E-state index contributed by atoms with van der Waals surface area (Å²) in [6.45, 7) is 8.57. The molecular formula is C19H36O5Si. The van der Waals surface area contributed by atoms with Crippen molar-refractivity contribution in [2.75, 3.05) is 21.3 Å². The van der Waals surface area contributed by atoms with Crippen molar-refractivity contribution in [1.29, 1.82) is 0 Å². The van der Waals surface area contributed by atoms with Gasteiger partial charge in [-0.1, -0.05) is 26.8 Å². The van der Waals surface area contributed by atoms with Gasteiger partial charge in [0, 0.05) is 32.9 Å². The molecule has 0 aromatic carbocycles. The number of ether oxygens (including phenoxy) is 1. The number of allylic oxidation sites excluding steroid dienone is 1. The lowest BCUT2D eigenvalue weighted by molar-refractivity contribution is -0.148. The zero-order valence-electron chi connectivity index (χ0n) is 17.0. The highest BCUT2D eigenvalue weighted by molar-refractivity contribution is 6.60. The van der Waals surface area contributed by atoms with Crippen LogP contribution in [0.2, 0.25) is 6.04 Å². The van der Waals surface area contributed by atoms with E-state index in [0.29, 0.717) is 11.5 Å². The zero-order valence-corrected chi connectivity index (χ0v) is 18.0. The van der Waals surface area contributed by atoms with Crippen LogP contribution in [0.5, 0.6) is 0 Å². The number of hydrogen-bond acceptors (Lipinski definition) is 5. The third-order valence-electron chi connectivity index (χ3n) is 5.01. The van der Waals surface area contributed by atoms with Gasteiger partial charge in [-0.05, 0) is 50.4 Å². The van der Waals surface area contributed by atoms with E-state index in [1.807, 2.05) is 13.0 Å². The quantitative estimate of drug-likeness (QED) is 0.261. The molecule has 1 aliphatic rings. The van der Waals surface area contributed by atoms with Crippen molar-refractivity contribution in [2.45, 2.75) is 71.9 Å². The predicted octanol–water partition coefficient (Wildman–Crippen LogP) is 4.35. The van der Waals surface area contributed by atoms with Gasteiger partial charge in [-0.15, -0.1) is 0 Å². The van der Waals surface area contributed by atoms with Gasteiger partial charge in [0.05, 0.1) is 0 Å². The van der Waals surface area contributed by atoms with Crippen molar-refractivity contribution in [3.8, 4) is 0 Å². The first-order valence-corrected chi connectivity index (χ1v) is 11.1. The maximum atomic E-state index is 12.3. The predicted molar refractivity (Wildman–Crippen MR) is 101 cm³/mol. The number of carbonyl (C=O) groups is 1. The highest BCUT2D eigenvalue weighted by Crippen LogP contribution is 2.39. The minimum Gasteiger partial charge on any atom is -0.459 e. The maximum Gasteiger partial charge on any atom is 0.500 e. The highest BCUT2D eigenvalue weighted by atomic mass is 28.4. The van der Waals surface area contributed by atoms with Crippen LogP contribution in [-0.4, -0.2) is 42.2 Å². The van der Waals surface area contributed by atoms with E-state index < -0.39 is 8.80 Å². The summed E-state index contributed by atoms with van der Waals surface area (Å²) in [7, 11) is 2.33. The first kappa shape index (κ1) is 22.3. The molecule has 25 heavy (non-hydrogen) atoms. The second-order valence-electron chi connectivity index (χ2n) is 8.02. The monoisotopic (exact) mass is 372 g/mol. The van der Waals surface area contributed by atoms with Crippen molar-refractivity contribution in [2.24, 2.45) is 11.3 Å². The summed E-state index contributed by atoms with van der Waals surface area (Å²) in [6, 6.07) is 0.726. The Morgan fingerprint density at radius 2 is 1.76 bits per heavy atom. The van der Waals surface area contributed by atoms with E-state index in [1.165, 1.54) is 6.42 Å². The van der Waals surface area contributed by atoms with Gasteiger partial charge < -0.3 is 18.0 Å². The Kier molecular flexibility index (Phi) is 8.81. The third kappa shape index (κ3) is 7.21. The van der Waals surface area contributed by atoms with Crippen LogP contribution in [0.4, 0.5) is 0 Å². The molecule has 2 unspecified atom stereocenters. The first-order valence-electron chi connectivity index (χ1n) is 9.20. The molecule has 0 aromatic rings. The number of carbonyl (C=O) groups excluding carboxylic acids is 1. The maximum absolute atomic E-state index is 12.3. The summed E-state index contributed by atoms with van der Waals surface area (Å²) in [5, 5.41) is 0. The molecule has 0 heterocycles. The largest absolute Gasteiger partial charge is 0.500 e. The number of rotatable bonds is 9. The van der Waals surface area contributed by atoms with Crippen LogP contribution in [-0.2, 0) is 22.8 Å². The van der Waals surface area contributed by atoms with Crippen LogP contribution in [0.3, 0.4) is 0 Å². The van der Waals surface area contributed by atoms with Crippen LogP contribution in [0.15, 0.2) is 11.6 Å². The van der Waals surface area contributed by atoms with Gasteiger partial charge in [-0.25, -0.2) is 4.79 Å². The van der Waals surface area contributed by atoms with E-state index in [0.717, 1.165) is 31.7 Å². The second-order valence-corrected chi connectivity index (χ2v) is 11.1. The standard InChI is InChI=1S/C19H36O5Si/c1-15-12-17(14-19(3,4)13-15)24-18(20)16(2)10-8-9-11-25(21-5,22-6)23-7/h10,15,17H,8-9,11-14H2,1-7H3. The van der Waals surface area contributed by atoms with E-state index >= 15 is 0 Å². The van der Waals surface area contributed by atoms with Crippen LogP contribution in [0.1, 0.15) is 59.8 Å². The van der Waals surface area contributed by atoms with Gasteiger partial charge in [0.2, 0.25) is 0 Å². The first-order chi connectivity index (χ1) is 11.7. The molecule has 0 bridgehead atoms. The Balaban J connectivity index is 2.46. The van der Waals surface area contributed by atoms with Gasteiger partial charge in [-0.2, -0.15) is 0 Å². The van der Waals surface area contributed by atoms with Crippen molar-refractivity contribution in [3.63, 3.8) is 0 Å². The van der Waals surface area contributed by atoms with Crippen molar-refractivity contribution in [1.82, 2.24) is 0 Å². The molecule has 0 N–H and O–H groups in total. The van der Waals surface area contributed by atoms with Gasteiger partial charge in [0.15, 0.2) is 0 Å². The summed E-state index contributed by atoms with van der Waals surface area (Å²) in [4.78, 5) is 12.3. The zero-order chi connectivity index (χ0) is 19.1. The second kappa shape index (κ2) is 9.85. The van der Waals surface area contributed by atoms with Gasteiger partial charge in [0.25, 0.3) is 0 Å². The molecule has 0 saturated heterocycles. The summed E-state index contributed by atoms with van der Waals surface area (Å²) in [5.41, 5.74) is 0.921. The normalized spacial score (nSPS) is 24.2. The average molecular weight is 373 g/mol. The van der Waals surface area contributed by atoms with Crippen LogP contribution >= 0.6 is 0 Å². The van der Waals surface area contributed by atoms with Gasteiger partial charge in [0.1, 0.15) is 6.10 Å². The molecule has 0 amide bonds. The molecule has 0 aliphatic heterocycles. The summed E-state index contributed by atoms with van der Waals surface area (Å²) < 4.78 is 22.0. The fraction of sp³-hybridized carbons (Fsp3) is 0.842. The Labute approximate surface area is 154 Å². The fourth-order valence-corrected chi connectivity index (χ4v) is 5.62. The van der Waals surface area contributed by atoms with Crippen molar-refractivity contribution in [3.05, 3.63) is 11.6 Å². The average Bonchev–Trinajstić information content (AvgIpc) is 2.53. The molecule has 5 nitrogen and oxygen atoms in total. The minimum atomic E-state index is -2.52. The molecule has 1 aliphatic carbocycles. The molecule has 6 heteroatoms. The van der Waals surface area contributed by atoms with Crippen molar-refractivity contribution < 1.29 is 22.8 Å². The lowest BCUT2D eigenvalue weighted by atomic mass is 9.71. The molecule has 1 saturated carbocycles. The summed E-state index contributed by atoms with van der Waals surface area (Å²) in [5.74, 6) is 0.407. The lowest BCUT2D eigenvalue weighted by Gasteiger charge is -2.38. The number of unbranched alkanes of at least 4 members (excludes halogenated alkanes) is 1. The minimum absolute atomic E-state index is 0.0325. The lowest BCUT2D eigenvalue weighted by Crippen LogP contribution is -2.42. The Morgan fingerprint density at radius 1 is 1.16 bits per heavy atom. The van der Waals surface area contributed by atoms with Crippen molar-refractivity contribution >= 4 is 14.8 Å². The molecule has 0 radical (unpaired) electrons. The number of hydrogen-bond donors (Lipinski definition) is 0. The topological polar surface area (TPSA) is 54.0 Å². The summed E-state index contributed by atoms with van der Waals surface area (Å²) in [6.07, 6.45) is 6.70. The smallest absolute Gasteiger partial charge is 0.459 e.